The fourth-order valence-corrected chi connectivity index (χ4v) is 2.47. The van der Waals surface area contributed by atoms with Gasteiger partial charge in [0.25, 0.3) is 0 Å². The van der Waals surface area contributed by atoms with E-state index in [4.69, 9.17) is 5.11 Å². The van der Waals surface area contributed by atoms with Crippen molar-refractivity contribution in [3.8, 4) is 0 Å². The number of nitrogens with one attached hydrogen (secondary N) is 1. The van der Waals surface area contributed by atoms with Crippen molar-refractivity contribution in [2.45, 2.75) is 46.0 Å². The van der Waals surface area contributed by atoms with E-state index in [1.807, 2.05) is 0 Å². The van der Waals surface area contributed by atoms with E-state index in [9.17, 15) is 19.2 Å². The molecule has 0 bridgehead atoms. The number of carbonyl (C=O) groups excluding carboxylic acids is 3. The summed E-state index contributed by atoms with van der Waals surface area (Å²) >= 11 is 0. The van der Waals surface area contributed by atoms with Crippen LogP contribution in [0.5, 0.6) is 0 Å². The van der Waals surface area contributed by atoms with E-state index in [2.05, 4.69) is 10.1 Å². The Morgan fingerprint density at radius 3 is 1.78 bits per heavy atom. The van der Waals surface area contributed by atoms with Crippen LogP contribution in [0.3, 0.4) is 0 Å². The highest BCUT2D eigenvalue weighted by atomic mass is 16.6. The fourth-order valence-electron chi connectivity index (χ4n) is 2.47. The first-order chi connectivity index (χ1) is 12.5. The maximum Gasteiger partial charge on any atom is 0.338 e. The van der Waals surface area contributed by atoms with Crippen LogP contribution in [-0.2, 0) is 23.9 Å². The zero-order valence-corrected chi connectivity index (χ0v) is 14.8. The molecule has 8 heteroatoms. The molecule has 0 aromatic heterocycles. The van der Waals surface area contributed by atoms with Crippen LogP contribution in [0.4, 0.5) is 0 Å². The van der Waals surface area contributed by atoms with Crippen LogP contribution in [0.2, 0.25) is 0 Å². The molecule has 27 heavy (non-hydrogen) atoms. The summed E-state index contributed by atoms with van der Waals surface area (Å²) in [5, 5.41) is 11.6. The number of carboxylic acids is 1. The highest BCUT2D eigenvalue weighted by Gasteiger charge is 2.13. The summed E-state index contributed by atoms with van der Waals surface area (Å²) in [6, 6.07) is 0. The molecule has 2 fully saturated rings. The summed E-state index contributed by atoms with van der Waals surface area (Å²) in [7, 11) is 0. The normalized spacial score (nSPS) is 18.4. The first-order valence-electron chi connectivity index (χ1n) is 8.83. The number of cyclic esters (lactones) is 2. The van der Waals surface area contributed by atoms with Gasteiger partial charge in [-0.25, -0.2) is 14.4 Å². The van der Waals surface area contributed by atoms with Gasteiger partial charge < -0.3 is 20.1 Å². The standard InChI is InChI=1S/C9H13NO3.C5H11N.C4H2O3.CH4/c11-8(4-5-9(12)13)10-6-2-1-3-7-10;1-2-4-6-5-3-1;5-3-1-2-4(6)7-3;/h4-5H,1-3,6-7H2,(H,12,13);6H,1-5H2;1-2H;1H4/b5-4-;;;. The molecule has 8 nitrogen and oxygen atoms in total. The molecule has 0 atom stereocenters. The number of carboxylic acid groups (broad SMARTS) is 1. The lowest BCUT2D eigenvalue weighted by Gasteiger charge is -2.25. The van der Waals surface area contributed by atoms with Crippen molar-refractivity contribution in [3.05, 3.63) is 24.3 Å². The van der Waals surface area contributed by atoms with Crippen molar-refractivity contribution in [1.82, 2.24) is 10.2 Å². The molecule has 0 saturated carbocycles. The van der Waals surface area contributed by atoms with Gasteiger partial charge in [0.1, 0.15) is 0 Å². The number of piperidine rings is 2. The molecule has 152 valence electrons. The van der Waals surface area contributed by atoms with Crippen molar-refractivity contribution >= 4 is 23.8 Å². The van der Waals surface area contributed by atoms with Gasteiger partial charge in [-0.1, -0.05) is 13.8 Å². The largest absolute Gasteiger partial charge is 0.478 e. The molecular weight excluding hydrogens is 352 g/mol. The summed E-state index contributed by atoms with van der Waals surface area (Å²) in [6.07, 6.45) is 11.6. The Labute approximate surface area is 160 Å². The van der Waals surface area contributed by atoms with Crippen LogP contribution < -0.4 is 5.32 Å². The number of hydrogen-bond acceptors (Lipinski definition) is 6. The van der Waals surface area contributed by atoms with Crippen LogP contribution >= 0.6 is 0 Å². The zero-order valence-electron chi connectivity index (χ0n) is 14.8. The Balaban J connectivity index is 0.000000407. The molecule has 2 saturated heterocycles. The van der Waals surface area contributed by atoms with Crippen molar-refractivity contribution < 1.29 is 29.0 Å². The molecule has 3 rings (SSSR count). The molecule has 0 aromatic rings. The van der Waals surface area contributed by atoms with E-state index in [0.717, 1.165) is 56.7 Å². The number of rotatable bonds is 2. The number of amides is 1. The Morgan fingerprint density at radius 1 is 0.926 bits per heavy atom. The van der Waals surface area contributed by atoms with Crippen LogP contribution in [0.1, 0.15) is 46.0 Å². The fraction of sp³-hybridized carbons (Fsp3) is 0.579. The lowest BCUT2D eigenvalue weighted by Crippen LogP contribution is -2.34. The molecule has 3 aliphatic heterocycles. The lowest BCUT2D eigenvalue weighted by molar-refractivity contribution is -0.150. The topological polar surface area (TPSA) is 113 Å². The molecule has 0 spiro atoms. The van der Waals surface area contributed by atoms with Crippen molar-refractivity contribution in [1.29, 1.82) is 0 Å². The van der Waals surface area contributed by atoms with Gasteiger partial charge in [0.05, 0.1) is 0 Å². The quantitative estimate of drug-likeness (QED) is 0.424. The number of aliphatic carboxylic acids is 1. The molecule has 0 radical (unpaired) electrons. The number of hydrogen-bond donors (Lipinski definition) is 2. The molecule has 0 aliphatic carbocycles. The second-order valence-electron chi connectivity index (χ2n) is 5.94. The Morgan fingerprint density at radius 2 is 1.44 bits per heavy atom. The zero-order chi connectivity index (χ0) is 19.2. The maximum atomic E-state index is 11.3. The summed E-state index contributed by atoms with van der Waals surface area (Å²) in [5.41, 5.74) is 0. The molecule has 3 heterocycles. The molecule has 0 aromatic carbocycles. The maximum absolute atomic E-state index is 11.3. The molecule has 2 N–H and O–H groups in total. The average Bonchev–Trinajstić information content (AvgIpc) is 3.05. The monoisotopic (exact) mass is 382 g/mol. The number of nitrogens with zero attached hydrogens (tertiary/aromatic N) is 1. The van der Waals surface area contributed by atoms with Crippen LogP contribution in [0.25, 0.3) is 0 Å². The molecular formula is C19H30N2O6. The van der Waals surface area contributed by atoms with Crippen molar-refractivity contribution in [2.24, 2.45) is 0 Å². The number of carbonyl (C=O) groups is 4. The van der Waals surface area contributed by atoms with Crippen molar-refractivity contribution in [3.63, 3.8) is 0 Å². The Bertz CT molecular complexity index is 519. The van der Waals surface area contributed by atoms with Crippen LogP contribution in [0.15, 0.2) is 24.3 Å². The third-order valence-electron chi connectivity index (χ3n) is 3.80. The summed E-state index contributed by atoms with van der Waals surface area (Å²) in [4.78, 5) is 42.9. The van der Waals surface area contributed by atoms with Gasteiger partial charge in [-0.3, -0.25) is 4.79 Å². The second-order valence-corrected chi connectivity index (χ2v) is 5.94. The van der Waals surface area contributed by atoms with E-state index in [0.29, 0.717) is 0 Å². The molecule has 0 unspecified atom stereocenters. The van der Waals surface area contributed by atoms with Gasteiger partial charge in [0.2, 0.25) is 5.91 Å². The van der Waals surface area contributed by atoms with E-state index in [1.54, 1.807) is 4.90 Å². The van der Waals surface area contributed by atoms with Gasteiger partial charge in [-0.2, -0.15) is 0 Å². The van der Waals surface area contributed by atoms with Gasteiger partial charge in [0, 0.05) is 37.4 Å². The minimum absolute atomic E-state index is 0. The predicted molar refractivity (Wildman–Crippen MR) is 101 cm³/mol. The summed E-state index contributed by atoms with van der Waals surface area (Å²) in [5.74, 6) is -2.43. The summed E-state index contributed by atoms with van der Waals surface area (Å²) in [6.45, 7) is 4.01. The van der Waals surface area contributed by atoms with Gasteiger partial charge in [0.15, 0.2) is 0 Å². The first-order valence-corrected chi connectivity index (χ1v) is 8.83. The number of esters is 2. The minimum Gasteiger partial charge on any atom is -0.478 e. The van der Waals surface area contributed by atoms with E-state index in [1.165, 1.54) is 32.4 Å². The smallest absolute Gasteiger partial charge is 0.338 e. The third kappa shape index (κ3) is 12.5. The highest BCUT2D eigenvalue weighted by Crippen LogP contribution is 2.08. The van der Waals surface area contributed by atoms with Crippen LogP contribution in [-0.4, -0.2) is 60.0 Å². The number of ether oxygens (including phenoxy) is 1. The molecule has 1 amide bonds. The highest BCUT2D eigenvalue weighted by molar-refractivity contribution is 6.04. The van der Waals surface area contributed by atoms with E-state index < -0.39 is 17.9 Å². The average molecular weight is 382 g/mol. The van der Waals surface area contributed by atoms with E-state index >= 15 is 0 Å². The lowest BCUT2D eigenvalue weighted by atomic mass is 10.1. The van der Waals surface area contributed by atoms with Crippen LogP contribution in [0, 0.1) is 0 Å². The SMILES string of the molecule is C.C1CCNCC1.O=C(O)/C=C\C(=O)N1CCCCC1.O=C1C=CC(=O)O1. The van der Waals surface area contributed by atoms with Gasteiger partial charge in [-0.15, -0.1) is 0 Å². The number of likely N-dealkylation sites (tertiary alicyclic amines) is 1. The second kappa shape index (κ2) is 14.7. The first kappa shape index (κ1) is 24.5. The van der Waals surface area contributed by atoms with Crippen molar-refractivity contribution in [2.75, 3.05) is 26.2 Å². The Kier molecular flexibility index (Phi) is 13.3. The summed E-state index contributed by atoms with van der Waals surface area (Å²) < 4.78 is 3.97. The van der Waals surface area contributed by atoms with E-state index in [-0.39, 0.29) is 13.3 Å². The van der Waals surface area contributed by atoms with Gasteiger partial charge >= 0.3 is 17.9 Å². The molecule has 3 aliphatic rings. The third-order valence-corrected chi connectivity index (χ3v) is 3.80. The predicted octanol–water partition coefficient (Wildman–Crippen LogP) is 1.66. The minimum atomic E-state index is -1.08. The van der Waals surface area contributed by atoms with Gasteiger partial charge in [-0.05, 0) is 45.2 Å². The Hall–Kier alpha value is -2.48.